The molecule has 2 atom stereocenters. The van der Waals surface area contributed by atoms with Crippen LogP contribution < -0.4 is 0 Å². The van der Waals surface area contributed by atoms with Crippen molar-refractivity contribution >= 4 is 17.6 Å². The number of likely N-dealkylation sites (tertiary alicyclic amines) is 1. The summed E-state index contributed by atoms with van der Waals surface area (Å²) in [6, 6.07) is 7.75. The zero-order valence-electron chi connectivity index (χ0n) is 10.3. The highest BCUT2D eigenvalue weighted by Gasteiger charge is 2.41. The summed E-state index contributed by atoms with van der Waals surface area (Å²) in [6.45, 7) is 6.71. The lowest BCUT2D eigenvalue weighted by Crippen LogP contribution is -2.55. The Morgan fingerprint density at radius 1 is 1.56 bits per heavy atom. The molecule has 0 saturated carbocycles. The van der Waals surface area contributed by atoms with Gasteiger partial charge in [-0.15, -0.1) is 6.58 Å². The molecule has 96 valence electrons. The first-order valence-electron chi connectivity index (χ1n) is 5.89. The van der Waals surface area contributed by atoms with E-state index in [1.54, 1.807) is 0 Å². The number of carbonyl (C=O) groups is 1. The van der Waals surface area contributed by atoms with Crippen molar-refractivity contribution in [1.29, 1.82) is 0 Å². The Kier molecular flexibility index (Phi) is 4.04. The van der Waals surface area contributed by atoms with Gasteiger partial charge in [-0.05, 0) is 17.7 Å². The van der Waals surface area contributed by atoms with E-state index in [1.807, 2.05) is 30.3 Å². The normalized spacial score (nSPS) is 23.2. The standard InChI is InChI=1S/C14H16ClNO2/c1-3-8-16-9-13(18-10(2)17)14(16)11-4-6-12(15)7-5-11/h3-7,13-14H,1,8-9H2,2H3/t13-,14+/m1/s1. The van der Waals surface area contributed by atoms with Gasteiger partial charge in [0.15, 0.2) is 0 Å². The van der Waals surface area contributed by atoms with E-state index in [0.717, 1.165) is 18.7 Å². The Balaban J connectivity index is 2.15. The van der Waals surface area contributed by atoms with Crippen LogP contribution in [-0.4, -0.2) is 30.1 Å². The number of halogens is 1. The molecule has 4 heteroatoms. The molecule has 1 aliphatic rings. The molecular formula is C14H16ClNO2. The van der Waals surface area contributed by atoms with Crippen LogP contribution in [0.4, 0.5) is 0 Å². The van der Waals surface area contributed by atoms with Gasteiger partial charge in [0.05, 0.1) is 6.04 Å². The molecule has 0 N–H and O–H groups in total. The highest BCUT2D eigenvalue weighted by Crippen LogP contribution is 2.36. The molecule has 1 aromatic carbocycles. The van der Waals surface area contributed by atoms with Gasteiger partial charge in [-0.2, -0.15) is 0 Å². The zero-order valence-corrected chi connectivity index (χ0v) is 11.1. The smallest absolute Gasteiger partial charge is 0.303 e. The van der Waals surface area contributed by atoms with E-state index in [0.29, 0.717) is 5.02 Å². The quantitative estimate of drug-likeness (QED) is 0.619. The van der Waals surface area contributed by atoms with E-state index in [9.17, 15) is 4.79 Å². The van der Waals surface area contributed by atoms with E-state index < -0.39 is 0 Å². The number of hydrogen-bond donors (Lipinski definition) is 0. The minimum atomic E-state index is -0.239. The van der Waals surface area contributed by atoms with Crippen molar-refractivity contribution in [3.05, 3.63) is 47.5 Å². The second-order valence-electron chi connectivity index (χ2n) is 4.39. The summed E-state index contributed by atoms with van der Waals surface area (Å²) in [6.07, 6.45) is 1.77. The summed E-state index contributed by atoms with van der Waals surface area (Å²) in [5, 5.41) is 0.706. The van der Waals surface area contributed by atoms with Crippen LogP contribution in [0.15, 0.2) is 36.9 Å². The lowest BCUT2D eigenvalue weighted by atomic mass is 9.91. The van der Waals surface area contributed by atoms with E-state index in [-0.39, 0.29) is 18.1 Å². The Hall–Kier alpha value is -1.32. The predicted octanol–water partition coefficient (Wildman–Crippen LogP) is 2.81. The topological polar surface area (TPSA) is 29.5 Å². The van der Waals surface area contributed by atoms with Crippen molar-refractivity contribution < 1.29 is 9.53 Å². The Bertz CT molecular complexity index is 444. The van der Waals surface area contributed by atoms with Gasteiger partial charge in [0.2, 0.25) is 0 Å². The fraction of sp³-hybridized carbons (Fsp3) is 0.357. The van der Waals surface area contributed by atoms with Gasteiger partial charge < -0.3 is 4.74 Å². The van der Waals surface area contributed by atoms with E-state index >= 15 is 0 Å². The highest BCUT2D eigenvalue weighted by atomic mass is 35.5. The molecule has 0 bridgehead atoms. The second kappa shape index (κ2) is 5.55. The molecule has 0 amide bonds. The summed E-state index contributed by atoms with van der Waals surface area (Å²) >= 11 is 5.88. The van der Waals surface area contributed by atoms with Gasteiger partial charge in [0, 0.05) is 25.0 Å². The SMILES string of the molecule is C=CCN1C[C@@H](OC(C)=O)[C@@H]1c1ccc(Cl)cc1. The molecule has 1 aliphatic heterocycles. The van der Waals surface area contributed by atoms with Crippen molar-refractivity contribution in [1.82, 2.24) is 4.90 Å². The maximum Gasteiger partial charge on any atom is 0.303 e. The monoisotopic (exact) mass is 265 g/mol. The Labute approximate surface area is 112 Å². The van der Waals surface area contributed by atoms with Crippen LogP contribution in [-0.2, 0) is 9.53 Å². The molecule has 0 spiro atoms. The van der Waals surface area contributed by atoms with Crippen LogP contribution in [0, 0.1) is 0 Å². The van der Waals surface area contributed by atoms with Crippen molar-refractivity contribution in [2.75, 3.05) is 13.1 Å². The molecule has 0 radical (unpaired) electrons. The fourth-order valence-corrected chi connectivity index (χ4v) is 2.42. The minimum absolute atomic E-state index is 0.0800. The minimum Gasteiger partial charge on any atom is -0.459 e. The molecule has 18 heavy (non-hydrogen) atoms. The van der Waals surface area contributed by atoms with Crippen LogP contribution in [0.2, 0.25) is 5.02 Å². The molecule has 1 saturated heterocycles. The first-order valence-corrected chi connectivity index (χ1v) is 6.27. The molecule has 2 rings (SSSR count). The summed E-state index contributed by atoms with van der Waals surface area (Å²) in [4.78, 5) is 13.3. The molecule has 1 fully saturated rings. The van der Waals surface area contributed by atoms with Crippen LogP contribution >= 0.6 is 11.6 Å². The van der Waals surface area contributed by atoms with Gasteiger partial charge in [0.25, 0.3) is 0 Å². The van der Waals surface area contributed by atoms with Gasteiger partial charge >= 0.3 is 5.97 Å². The van der Waals surface area contributed by atoms with Crippen LogP contribution in [0.25, 0.3) is 0 Å². The third kappa shape index (κ3) is 2.74. The van der Waals surface area contributed by atoms with E-state index in [4.69, 9.17) is 16.3 Å². The first-order chi connectivity index (χ1) is 8.61. The maximum atomic E-state index is 11.1. The molecule has 0 aromatic heterocycles. The van der Waals surface area contributed by atoms with Crippen molar-refractivity contribution in [2.24, 2.45) is 0 Å². The third-order valence-electron chi connectivity index (χ3n) is 3.05. The number of carbonyl (C=O) groups excluding carboxylic acids is 1. The number of esters is 1. The molecule has 1 aromatic rings. The number of nitrogens with zero attached hydrogens (tertiary/aromatic N) is 1. The summed E-state index contributed by atoms with van der Waals surface area (Å²) in [7, 11) is 0. The summed E-state index contributed by atoms with van der Waals surface area (Å²) in [5.41, 5.74) is 1.11. The van der Waals surface area contributed by atoms with Crippen LogP contribution in [0.3, 0.4) is 0 Å². The Morgan fingerprint density at radius 2 is 2.22 bits per heavy atom. The third-order valence-corrected chi connectivity index (χ3v) is 3.30. The second-order valence-corrected chi connectivity index (χ2v) is 4.82. The average Bonchev–Trinajstić information content (AvgIpc) is 2.30. The predicted molar refractivity (Wildman–Crippen MR) is 71.5 cm³/mol. The van der Waals surface area contributed by atoms with E-state index in [2.05, 4.69) is 11.5 Å². The van der Waals surface area contributed by atoms with Gasteiger partial charge in [-0.1, -0.05) is 29.8 Å². The Morgan fingerprint density at radius 3 is 2.78 bits per heavy atom. The van der Waals surface area contributed by atoms with Gasteiger partial charge in [-0.25, -0.2) is 0 Å². The summed E-state index contributed by atoms with van der Waals surface area (Å²) < 4.78 is 5.31. The zero-order chi connectivity index (χ0) is 13.1. The molecular weight excluding hydrogens is 250 g/mol. The summed E-state index contributed by atoms with van der Waals surface area (Å²) in [5.74, 6) is -0.239. The average molecular weight is 266 g/mol. The highest BCUT2D eigenvalue weighted by molar-refractivity contribution is 6.30. The number of rotatable bonds is 4. The lowest BCUT2D eigenvalue weighted by Gasteiger charge is -2.46. The van der Waals surface area contributed by atoms with Crippen molar-refractivity contribution in [3.63, 3.8) is 0 Å². The van der Waals surface area contributed by atoms with Gasteiger partial charge in [0.1, 0.15) is 6.10 Å². The molecule has 0 unspecified atom stereocenters. The van der Waals surface area contributed by atoms with Gasteiger partial charge in [-0.3, -0.25) is 9.69 Å². The maximum absolute atomic E-state index is 11.1. The number of hydrogen-bond acceptors (Lipinski definition) is 3. The molecule has 3 nitrogen and oxygen atoms in total. The largest absolute Gasteiger partial charge is 0.459 e. The fourth-order valence-electron chi connectivity index (χ4n) is 2.30. The first kappa shape index (κ1) is 13.1. The molecule has 1 heterocycles. The lowest BCUT2D eigenvalue weighted by molar-refractivity contribution is -0.162. The van der Waals surface area contributed by atoms with E-state index in [1.165, 1.54) is 6.92 Å². The van der Waals surface area contributed by atoms with Crippen LogP contribution in [0.5, 0.6) is 0 Å². The number of benzene rings is 1. The van der Waals surface area contributed by atoms with Crippen molar-refractivity contribution in [3.8, 4) is 0 Å². The van der Waals surface area contributed by atoms with Crippen molar-refractivity contribution in [2.45, 2.75) is 19.1 Å². The van der Waals surface area contributed by atoms with Crippen LogP contribution in [0.1, 0.15) is 18.5 Å². The number of ether oxygens (including phenoxy) is 1. The molecule has 0 aliphatic carbocycles.